The van der Waals surface area contributed by atoms with Crippen LogP contribution in [0.15, 0.2) is 36.5 Å². The highest BCUT2D eigenvalue weighted by molar-refractivity contribution is 6.04. The van der Waals surface area contributed by atoms with Crippen molar-refractivity contribution in [1.29, 1.82) is 0 Å². The van der Waals surface area contributed by atoms with Crippen LogP contribution in [0, 0.1) is 17.0 Å². The summed E-state index contributed by atoms with van der Waals surface area (Å²) < 4.78 is 0. The Hall–Kier alpha value is -2.96. The highest BCUT2D eigenvalue weighted by Gasteiger charge is 2.16. The van der Waals surface area contributed by atoms with E-state index in [0.29, 0.717) is 11.4 Å². The highest BCUT2D eigenvalue weighted by Crippen LogP contribution is 2.25. The monoisotopic (exact) mass is 286 g/mol. The van der Waals surface area contributed by atoms with E-state index in [1.54, 1.807) is 19.3 Å². The number of nitro groups is 1. The Morgan fingerprint density at radius 3 is 2.67 bits per heavy atom. The van der Waals surface area contributed by atoms with Crippen LogP contribution >= 0.6 is 0 Å². The Morgan fingerprint density at radius 1 is 1.29 bits per heavy atom. The molecule has 7 heteroatoms. The van der Waals surface area contributed by atoms with E-state index in [-0.39, 0.29) is 17.3 Å². The molecule has 0 aliphatic carbocycles. The van der Waals surface area contributed by atoms with Crippen LogP contribution < -0.4 is 10.6 Å². The number of nitro benzene ring substituents is 1. The predicted molar refractivity (Wildman–Crippen MR) is 79.6 cm³/mol. The number of carbonyl (C=O) groups is 1. The summed E-state index contributed by atoms with van der Waals surface area (Å²) >= 11 is 0. The minimum Gasteiger partial charge on any atom is -0.383 e. The fourth-order valence-electron chi connectivity index (χ4n) is 1.83. The normalized spacial score (nSPS) is 10.0. The number of nitrogens with one attached hydrogen (secondary N) is 2. The first kappa shape index (κ1) is 14.4. The Kier molecular flexibility index (Phi) is 4.13. The number of aromatic nitrogens is 1. The maximum Gasteiger partial charge on any atom is 0.292 e. The van der Waals surface area contributed by atoms with Gasteiger partial charge in [-0.1, -0.05) is 0 Å². The van der Waals surface area contributed by atoms with Crippen LogP contribution in [0.3, 0.4) is 0 Å². The molecule has 2 aromatic rings. The third-order valence-electron chi connectivity index (χ3n) is 2.88. The molecule has 7 nitrogen and oxygen atoms in total. The number of amides is 1. The molecule has 108 valence electrons. The van der Waals surface area contributed by atoms with E-state index in [1.807, 2.05) is 13.0 Å². The van der Waals surface area contributed by atoms with Crippen molar-refractivity contribution in [2.45, 2.75) is 6.92 Å². The molecule has 21 heavy (non-hydrogen) atoms. The molecule has 0 bridgehead atoms. The van der Waals surface area contributed by atoms with E-state index in [2.05, 4.69) is 15.6 Å². The van der Waals surface area contributed by atoms with Crippen molar-refractivity contribution < 1.29 is 9.72 Å². The molecule has 1 aromatic heterocycles. The van der Waals surface area contributed by atoms with Gasteiger partial charge in [-0.05, 0) is 36.8 Å². The summed E-state index contributed by atoms with van der Waals surface area (Å²) in [6, 6.07) is 7.70. The van der Waals surface area contributed by atoms with Gasteiger partial charge in [-0.2, -0.15) is 0 Å². The smallest absolute Gasteiger partial charge is 0.292 e. The maximum absolute atomic E-state index is 12.1. The SMILES string of the molecule is CNc1cc(C(=O)Nc2cc(C)ccn2)ccc1[N+](=O)[O-]. The van der Waals surface area contributed by atoms with Crippen LogP contribution in [0.25, 0.3) is 0 Å². The van der Waals surface area contributed by atoms with Crippen LogP contribution in [0.2, 0.25) is 0 Å². The summed E-state index contributed by atoms with van der Waals surface area (Å²) in [4.78, 5) is 26.5. The lowest BCUT2D eigenvalue weighted by molar-refractivity contribution is -0.383. The highest BCUT2D eigenvalue weighted by atomic mass is 16.6. The van der Waals surface area contributed by atoms with E-state index in [0.717, 1.165) is 5.56 Å². The molecule has 0 unspecified atom stereocenters. The molecule has 1 heterocycles. The van der Waals surface area contributed by atoms with E-state index >= 15 is 0 Å². The molecule has 0 saturated carbocycles. The molecule has 2 N–H and O–H groups in total. The zero-order chi connectivity index (χ0) is 15.4. The van der Waals surface area contributed by atoms with Crippen molar-refractivity contribution in [3.63, 3.8) is 0 Å². The molecule has 0 fully saturated rings. The second-order valence-electron chi connectivity index (χ2n) is 4.41. The lowest BCUT2D eigenvalue weighted by Crippen LogP contribution is -2.13. The molecule has 0 aliphatic rings. The summed E-state index contributed by atoms with van der Waals surface area (Å²) in [7, 11) is 1.56. The van der Waals surface area contributed by atoms with Gasteiger partial charge in [0.2, 0.25) is 0 Å². The van der Waals surface area contributed by atoms with E-state index in [1.165, 1.54) is 18.2 Å². The van der Waals surface area contributed by atoms with Crippen molar-refractivity contribution in [3.05, 3.63) is 57.8 Å². The average molecular weight is 286 g/mol. The van der Waals surface area contributed by atoms with Crippen molar-refractivity contribution >= 4 is 23.1 Å². The average Bonchev–Trinajstić information content (AvgIpc) is 2.46. The minimum atomic E-state index is -0.504. The van der Waals surface area contributed by atoms with Gasteiger partial charge in [-0.3, -0.25) is 14.9 Å². The largest absolute Gasteiger partial charge is 0.383 e. The molecule has 0 atom stereocenters. The summed E-state index contributed by atoms with van der Waals surface area (Å²) in [5, 5.41) is 16.2. The molecule has 0 spiro atoms. The zero-order valence-electron chi connectivity index (χ0n) is 11.6. The number of benzene rings is 1. The number of anilines is 2. The van der Waals surface area contributed by atoms with Gasteiger partial charge in [-0.25, -0.2) is 4.98 Å². The molecule has 1 aromatic carbocycles. The first-order valence-corrected chi connectivity index (χ1v) is 6.21. The van der Waals surface area contributed by atoms with Gasteiger partial charge in [0.05, 0.1) is 4.92 Å². The van der Waals surface area contributed by atoms with Crippen molar-refractivity contribution in [2.24, 2.45) is 0 Å². The van der Waals surface area contributed by atoms with Crippen molar-refractivity contribution in [3.8, 4) is 0 Å². The van der Waals surface area contributed by atoms with Crippen LogP contribution in [0.1, 0.15) is 15.9 Å². The molecule has 0 radical (unpaired) electrons. The van der Waals surface area contributed by atoms with E-state index in [9.17, 15) is 14.9 Å². The topological polar surface area (TPSA) is 97.2 Å². The summed E-state index contributed by atoms with van der Waals surface area (Å²) in [5.74, 6) is 0.0591. The molecule has 0 aliphatic heterocycles. The predicted octanol–water partition coefficient (Wildman–Crippen LogP) is 2.59. The van der Waals surface area contributed by atoms with Crippen molar-refractivity contribution in [1.82, 2.24) is 4.98 Å². The molecule has 2 rings (SSSR count). The Morgan fingerprint density at radius 2 is 2.05 bits per heavy atom. The number of aryl methyl sites for hydroxylation is 1. The fraction of sp³-hybridized carbons (Fsp3) is 0.143. The van der Waals surface area contributed by atoms with Crippen LogP contribution in [-0.4, -0.2) is 22.9 Å². The van der Waals surface area contributed by atoms with Crippen LogP contribution in [0.4, 0.5) is 17.2 Å². The number of hydrogen-bond acceptors (Lipinski definition) is 5. The fourth-order valence-corrected chi connectivity index (χ4v) is 1.83. The Bertz CT molecular complexity index is 700. The molecular formula is C14H14N4O3. The third-order valence-corrected chi connectivity index (χ3v) is 2.88. The Balaban J connectivity index is 2.25. The van der Waals surface area contributed by atoms with Crippen LogP contribution in [0.5, 0.6) is 0 Å². The molecular weight excluding hydrogens is 272 g/mol. The molecule has 0 saturated heterocycles. The number of rotatable bonds is 4. The Labute approximate surface area is 121 Å². The zero-order valence-corrected chi connectivity index (χ0v) is 11.6. The summed E-state index contributed by atoms with van der Waals surface area (Å²) in [6.45, 7) is 1.89. The number of nitrogens with zero attached hydrogens (tertiary/aromatic N) is 2. The number of hydrogen-bond donors (Lipinski definition) is 2. The standard InChI is InChI=1S/C14H14N4O3/c1-9-5-6-16-13(7-9)17-14(19)10-3-4-12(18(20)21)11(8-10)15-2/h3-8,15H,1-2H3,(H,16,17,19). The quantitative estimate of drug-likeness (QED) is 0.665. The molecule has 1 amide bonds. The van der Waals surface area contributed by atoms with Gasteiger partial charge in [0, 0.05) is 24.9 Å². The van der Waals surface area contributed by atoms with Gasteiger partial charge in [0.25, 0.3) is 11.6 Å². The second-order valence-corrected chi connectivity index (χ2v) is 4.41. The number of carbonyl (C=O) groups excluding carboxylic acids is 1. The van der Waals surface area contributed by atoms with Gasteiger partial charge in [-0.15, -0.1) is 0 Å². The lowest BCUT2D eigenvalue weighted by Gasteiger charge is -2.07. The van der Waals surface area contributed by atoms with Gasteiger partial charge < -0.3 is 10.6 Å². The summed E-state index contributed by atoms with van der Waals surface area (Å²) in [5.41, 5.74) is 1.49. The summed E-state index contributed by atoms with van der Waals surface area (Å²) in [6.07, 6.45) is 1.60. The first-order chi connectivity index (χ1) is 10.0. The van der Waals surface area contributed by atoms with Gasteiger partial charge in [0.15, 0.2) is 0 Å². The van der Waals surface area contributed by atoms with Crippen LogP contribution in [-0.2, 0) is 0 Å². The third kappa shape index (κ3) is 3.33. The van der Waals surface area contributed by atoms with E-state index in [4.69, 9.17) is 0 Å². The lowest BCUT2D eigenvalue weighted by atomic mass is 10.1. The minimum absolute atomic E-state index is 0.0808. The maximum atomic E-state index is 12.1. The van der Waals surface area contributed by atoms with Gasteiger partial charge in [0.1, 0.15) is 11.5 Å². The van der Waals surface area contributed by atoms with Crippen molar-refractivity contribution in [2.75, 3.05) is 17.7 Å². The number of pyridine rings is 1. The first-order valence-electron chi connectivity index (χ1n) is 6.21. The second kappa shape index (κ2) is 6.00. The van der Waals surface area contributed by atoms with E-state index < -0.39 is 4.92 Å². The van der Waals surface area contributed by atoms with Gasteiger partial charge >= 0.3 is 0 Å².